The van der Waals surface area contributed by atoms with E-state index in [1.54, 1.807) is 19.1 Å². The van der Waals surface area contributed by atoms with Crippen LogP contribution in [0.5, 0.6) is 0 Å². The summed E-state index contributed by atoms with van der Waals surface area (Å²) in [6, 6.07) is 6.72. The van der Waals surface area contributed by atoms with Crippen molar-refractivity contribution < 1.29 is 4.39 Å². The van der Waals surface area contributed by atoms with Crippen molar-refractivity contribution in [1.82, 2.24) is 4.98 Å². The molecule has 0 amide bonds. The fourth-order valence-electron chi connectivity index (χ4n) is 1.47. The number of nitrogens with zero attached hydrogens (tertiary/aromatic N) is 1. The van der Waals surface area contributed by atoms with Crippen LogP contribution in [0, 0.1) is 24.1 Å². The number of aryl methyl sites for hydroxylation is 1. The fraction of sp³-hybridized carbons (Fsp3) is 0.100. The molecule has 0 radical (unpaired) electrons. The first-order valence-corrected chi connectivity index (χ1v) is 3.91. The van der Waals surface area contributed by atoms with Gasteiger partial charge in [-0.15, -0.1) is 0 Å². The normalized spacial score (nSPS) is 10.2. The van der Waals surface area contributed by atoms with Crippen LogP contribution in [0.25, 0.3) is 10.9 Å². The van der Waals surface area contributed by atoms with Crippen molar-refractivity contribution in [2.45, 2.75) is 6.92 Å². The molecule has 13 heavy (non-hydrogen) atoms. The largest absolute Gasteiger partial charge is 0.357 e. The minimum absolute atomic E-state index is 0.349. The Hall–Kier alpha value is -1.82. The Bertz CT molecular complexity index is 505. The zero-order valence-electron chi connectivity index (χ0n) is 7.06. The van der Waals surface area contributed by atoms with Gasteiger partial charge in [0.15, 0.2) is 0 Å². The standard InChI is InChI=1S/C10H7FN2/c1-6-7(5-12)10-8(11)3-2-4-9(10)13-6/h2-4,13H,1H3. The molecule has 2 nitrogen and oxygen atoms in total. The number of nitrogens with one attached hydrogen (secondary N) is 1. The van der Waals surface area contributed by atoms with Crippen molar-refractivity contribution >= 4 is 10.9 Å². The molecule has 2 aromatic rings. The number of H-pyrrole nitrogens is 1. The Morgan fingerprint density at radius 1 is 1.46 bits per heavy atom. The molecule has 0 unspecified atom stereocenters. The van der Waals surface area contributed by atoms with E-state index < -0.39 is 0 Å². The molecular formula is C10H7FN2. The van der Waals surface area contributed by atoms with Crippen LogP contribution in [-0.2, 0) is 0 Å². The minimum atomic E-state index is -0.349. The number of hydrogen-bond acceptors (Lipinski definition) is 1. The third-order valence-electron chi connectivity index (χ3n) is 2.07. The lowest BCUT2D eigenvalue weighted by atomic mass is 10.1. The van der Waals surface area contributed by atoms with Gasteiger partial charge in [-0.1, -0.05) is 6.07 Å². The second-order valence-corrected chi connectivity index (χ2v) is 2.90. The van der Waals surface area contributed by atoms with Gasteiger partial charge in [-0.3, -0.25) is 0 Å². The van der Waals surface area contributed by atoms with Crippen LogP contribution < -0.4 is 0 Å². The van der Waals surface area contributed by atoms with E-state index in [2.05, 4.69) is 4.98 Å². The zero-order chi connectivity index (χ0) is 9.42. The molecule has 0 saturated carbocycles. The summed E-state index contributed by atoms with van der Waals surface area (Å²) in [4.78, 5) is 2.96. The summed E-state index contributed by atoms with van der Waals surface area (Å²) >= 11 is 0. The minimum Gasteiger partial charge on any atom is -0.357 e. The molecule has 2 rings (SSSR count). The quantitative estimate of drug-likeness (QED) is 0.654. The summed E-state index contributed by atoms with van der Waals surface area (Å²) in [5, 5.41) is 9.18. The highest BCUT2D eigenvalue weighted by atomic mass is 19.1. The van der Waals surface area contributed by atoms with E-state index >= 15 is 0 Å². The average molecular weight is 174 g/mol. The number of aromatic nitrogens is 1. The van der Waals surface area contributed by atoms with Crippen LogP contribution in [0.4, 0.5) is 4.39 Å². The van der Waals surface area contributed by atoms with Crippen LogP contribution >= 0.6 is 0 Å². The number of rotatable bonds is 0. The van der Waals surface area contributed by atoms with Crippen molar-refractivity contribution in [2.24, 2.45) is 0 Å². The Morgan fingerprint density at radius 2 is 2.23 bits per heavy atom. The monoisotopic (exact) mass is 174 g/mol. The van der Waals surface area contributed by atoms with Gasteiger partial charge < -0.3 is 4.98 Å². The van der Waals surface area contributed by atoms with Gasteiger partial charge in [0.2, 0.25) is 0 Å². The van der Waals surface area contributed by atoms with Crippen molar-refractivity contribution in [3.63, 3.8) is 0 Å². The second kappa shape index (κ2) is 2.60. The molecule has 1 aromatic heterocycles. The molecule has 0 aliphatic carbocycles. The SMILES string of the molecule is Cc1[nH]c2cccc(F)c2c1C#N. The molecule has 0 aliphatic rings. The number of nitriles is 1. The summed E-state index contributed by atoms with van der Waals surface area (Å²) in [5.41, 5.74) is 1.78. The highest BCUT2D eigenvalue weighted by Gasteiger charge is 2.10. The maximum Gasteiger partial charge on any atom is 0.133 e. The lowest BCUT2D eigenvalue weighted by molar-refractivity contribution is 0.640. The van der Waals surface area contributed by atoms with Gasteiger partial charge >= 0.3 is 0 Å². The maximum absolute atomic E-state index is 13.3. The van der Waals surface area contributed by atoms with Crippen molar-refractivity contribution in [2.75, 3.05) is 0 Å². The third-order valence-corrected chi connectivity index (χ3v) is 2.07. The number of hydrogen-bond donors (Lipinski definition) is 1. The van der Waals surface area contributed by atoms with E-state index in [-0.39, 0.29) is 5.82 Å². The van der Waals surface area contributed by atoms with E-state index in [1.165, 1.54) is 6.07 Å². The predicted molar refractivity (Wildman–Crippen MR) is 47.7 cm³/mol. The van der Waals surface area contributed by atoms with Crippen LogP contribution in [0.1, 0.15) is 11.3 Å². The summed E-state index contributed by atoms with van der Waals surface area (Å²) in [6.45, 7) is 1.76. The van der Waals surface area contributed by atoms with Gasteiger partial charge in [-0.05, 0) is 19.1 Å². The lowest BCUT2D eigenvalue weighted by Crippen LogP contribution is -1.78. The number of benzene rings is 1. The van der Waals surface area contributed by atoms with E-state index in [0.29, 0.717) is 22.2 Å². The number of halogens is 1. The first-order chi connectivity index (χ1) is 6.24. The summed E-state index contributed by atoms with van der Waals surface area (Å²) < 4.78 is 13.3. The third kappa shape index (κ3) is 0.994. The van der Waals surface area contributed by atoms with Gasteiger partial charge in [0.1, 0.15) is 11.9 Å². The molecule has 64 valence electrons. The van der Waals surface area contributed by atoms with Gasteiger partial charge in [0.25, 0.3) is 0 Å². The second-order valence-electron chi connectivity index (χ2n) is 2.90. The van der Waals surface area contributed by atoms with E-state index in [4.69, 9.17) is 5.26 Å². The van der Waals surface area contributed by atoms with Gasteiger partial charge in [0, 0.05) is 11.2 Å². The summed E-state index contributed by atoms with van der Waals surface area (Å²) in [7, 11) is 0. The number of aromatic amines is 1. The molecule has 0 saturated heterocycles. The summed E-state index contributed by atoms with van der Waals surface area (Å²) in [5.74, 6) is -0.349. The summed E-state index contributed by atoms with van der Waals surface area (Å²) in [6.07, 6.45) is 0. The smallest absolute Gasteiger partial charge is 0.133 e. The number of fused-ring (bicyclic) bond motifs is 1. The first kappa shape index (κ1) is 7.81. The molecule has 0 fully saturated rings. The van der Waals surface area contributed by atoms with E-state index in [1.807, 2.05) is 6.07 Å². The molecule has 1 N–H and O–H groups in total. The molecule has 3 heteroatoms. The van der Waals surface area contributed by atoms with Crippen molar-refractivity contribution in [3.8, 4) is 6.07 Å². The molecule has 0 aliphatic heterocycles. The van der Waals surface area contributed by atoms with Gasteiger partial charge in [-0.2, -0.15) is 5.26 Å². The Morgan fingerprint density at radius 3 is 2.92 bits per heavy atom. The molecule has 0 spiro atoms. The van der Waals surface area contributed by atoms with E-state index in [0.717, 1.165) is 0 Å². The predicted octanol–water partition coefficient (Wildman–Crippen LogP) is 2.49. The highest BCUT2D eigenvalue weighted by molar-refractivity contribution is 5.87. The zero-order valence-corrected chi connectivity index (χ0v) is 7.06. The van der Waals surface area contributed by atoms with Crippen molar-refractivity contribution in [3.05, 3.63) is 35.3 Å². The van der Waals surface area contributed by atoms with Crippen LogP contribution in [0.3, 0.4) is 0 Å². The van der Waals surface area contributed by atoms with Crippen molar-refractivity contribution in [1.29, 1.82) is 5.26 Å². The lowest BCUT2D eigenvalue weighted by Gasteiger charge is -1.90. The fourth-order valence-corrected chi connectivity index (χ4v) is 1.47. The van der Waals surface area contributed by atoms with Crippen LogP contribution in [-0.4, -0.2) is 4.98 Å². The molecule has 1 aromatic carbocycles. The maximum atomic E-state index is 13.3. The first-order valence-electron chi connectivity index (χ1n) is 3.91. The van der Waals surface area contributed by atoms with Crippen LogP contribution in [0.2, 0.25) is 0 Å². The average Bonchev–Trinajstić information content (AvgIpc) is 2.42. The molecule has 0 bridgehead atoms. The molecular weight excluding hydrogens is 167 g/mol. The molecule has 0 atom stereocenters. The van der Waals surface area contributed by atoms with Crippen LogP contribution in [0.15, 0.2) is 18.2 Å². The van der Waals surface area contributed by atoms with Gasteiger partial charge in [-0.25, -0.2) is 4.39 Å². The Labute approximate surface area is 74.6 Å². The highest BCUT2D eigenvalue weighted by Crippen LogP contribution is 2.23. The Balaban J connectivity index is 2.99. The topological polar surface area (TPSA) is 39.6 Å². The van der Waals surface area contributed by atoms with E-state index in [9.17, 15) is 4.39 Å². The Kier molecular flexibility index (Phi) is 1.56. The molecule has 1 heterocycles. The van der Waals surface area contributed by atoms with Gasteiger partial charge in [0.05, 0.1) is 10.9 Å².